The number of nitrogens with zero attached hydrogens (tertiary/aromatic N) is 3. The highest BCUT2D eigenvalue weighted by molar-refractivity contribution is 8.13. The Morgan fingerprint density at radius 2 is 2.20 bits per heavy atom. The number of rotatable bonds is 3. The number of aromatic nitrogens is 1. The molecule has 4 nitrogen and oxygen atoms in total. The van der Waals surface area contributed by atoms with Gasteiger partial charge >= 0.3 is 5.17 Å². The molecule has 0 atom stereocenters. The van der Waals surface area contributed by atoms with E-state index in [1.807, 2.05) is 24.4 Å². The van der Waals surface area contributed by atoms with E-state index < -0.39 is 0 Å². The van der Waals surface area contributed by atoms with Crippen molar-refractivity contribution in [2.45, 2.75) is 12.2 Å². The standard InChI is InChI=1S/C14H11ClN4S/c15-9-19-14(17)20-8-11-2-1-10(3-5-16)12-4-6-18-7-13(11)12/h1-2,4,6-7,9,17H,3,8H2/p+1. The van der Waals surface area contributed by atoms with Crippen LogP contribution in [-0.4, -0.2) is 15.8 Å². The highest BCUT2D eigenvalue weighted by Crippen LogP contribution is 2.25. The van der Waals surface area contributed by atoms with E-state index in [4.69, 9.17) is 22.6 Å². The van der Waals surface area contributed by atoms with Crippen molar-refractivity contribution in [3.63, 3.8) is 0 Å². The number of hydrogen-bond donors (Lipinski definition) is 1. The third kappa shape index (κ3) is 3.31. The molecule has 0 amide bonds. The Bertz CT molecular complexity index is 730. The van der Waals surface area contributed by atoms with E-state index >= 15 is 0 Å². The molecule has 0 fully saturated rings. The van der Waals surface area contributed by atoms with E-state index in [1.54, 1.807) is 6.20 Å². The summed E-state index contributed by atoms with van der Waals surface area (Å²) in [4.78, 5) is 4.16. The van der Waals surface area contributed by atoms with Crippen LogP contribution in [-0.2, 0) is 12.2 Å². The first kappa shape index (κ1) is 14.4. The van der Waals surface area contributed by atoms with Gasteiger partial charge in [0.05, 0.1) is 12.5 Å². The number of amidine groups is 1. The number of benzene rings is 1. The van der Waals surface area contributed by atoms with Crippen LogP contribution in [0.2, 0.25) is 0 Å². The van der Waals surface area contributed by atoms with Gasteiger partial charge in [-0.25, -0.2) is 0 Å². The van der Waals surface area contributed by atoms with Crippen LogP contribution in [0.1, 0.15) is 11.1 Å². The summed E-state index contributed by atoms with van der Waals surface area (Å²) in [7, 11) is 0. The molecule has 0 bridgehead atoms. The van der Waals surface area contributed by atoms with Crippen molar-refractivity contribution < 1.29 is 0 Å². The van der Waals surface area contributed by atoms with Gasteiger partial charge in [0.2, 0.25) is 0 Å². The van der Waals surface area contributed by atoms with E-state index in [2.05, 4.69) is 15.7 Å². The molecule has 2 aromatic rings. The fourth-order valence-corrected chi connectivity index (χ4v) is 2.76. The first-order chi connectivity index (χ1) is 9.76. The summed E-state index contributed by atoms with van der Waals surface area (Å²) in [5.74, 6) is 0.676. The zero-order valence-corrected chi connectivity index (χ0v) is 12.2. The average Bonchev–Trinajstić information content (AvgIpc) is 2.47. The van der Waals surface area contributed by atoms with Gasteiger partial charge in [0.25, 0.3) is 5.67 Å². The molecule has 100 valence electrons. The van der Waals surface area contributed by atoms with Crippen molar-refractivity contribution in [1.29, 1.82) is 5.26 Å². The van der Waals surface area contributed by atoms with Crippen LogP contribution in [0, 0.1) is 11.3 Å². The summed E-state index contributed by atoms with van der Waals surface area (Å²) >= 11 is 6.79. The third-order valence-electron chi connectivity index (χ3n) is 2.82. The molecule has 1 aromatic heterocycles. The molecule has 0 radical (unpaired) electrons. The van der Waals surface area contributed by atoms with Crippen LogP contribution in [0.5, 0.6) is 0 Å². The third-order valence-corrected chi connectivity index (χ3v) is 3.77. The van der Waals surface area contributed by atoms with E-state index in [9.17, 15) is 0 Å². The quantitative estimate of drug-likeness (QED) is 0.535. The Labute approximate surface area is 126 Å². The molecule has 2 rings (SSSR count). The summed E-state index contributed by atoms with van der Waals surface area (Å²) in [6, 6.07) is 8.09. The van der Waals surface area contributed by atoms with Gasteiger partial charge in [0, 0.05) is 23.5 Å². The maximum atomic E-state index is 8.87. The van der Waals surface area contributed by atoms with Crippen molar-refractivity contribution in [2.24, 2.45) is 5.73 Å². The summed E-state index contributed by atoms with van der Waals surface area (Å²) in [5.41, 5.74) is 8.96. The highest BCUT2D eigenvalue weighted by Gasteiger charge is 2.09. The summed E-state index contributed by atoms with van der Waals surface area (Å²) < 4.78 is 3.81. The molecule has 0 unspecified atom stereocenters. The van der Waals surface area contributed by atoms with Crippen LogP contribution < -0.4 is 10.4 Å². The average molecular weight is 304 g/mol. The number of hydrogen-bond acceptors (Lipinski definition) is 3. The highest BCUT2D eigenvalue weighted by atomic mass is 35.5. The van der Waals surface area contributed by atoms with Crippen LogP contribution in [0.25, 0.3) is 10.8 Å². The van der Waals surface area contributed by atoms with E-state index in [1.165, 1.54) is 11.8 Å². The Kier molecular flexibility index (Phi) is 5.03. The minimum absolute atomic E-state index is 0.388. The van der Waals surface area contributed by atoms with Gasteiger partial charge in [-0.05, 0) is 45.9 Å². The van der Waals surface area contributed by atoms with E-state index in [-0.39, 0.29) is 0 Å². The lowest BCUT2D eigenvalue weighted by atomic mass is 10.0. The molecule has 0 aliphatic heterocycles. The van der Waals surface area contributed by atoms with Crippen LogP contribution in [0.15, 0.2) is 30.6 Å². The molecule has 6 heteroatoms. The first-order valence-corrected chi connectivity index (χ1v) is 7.28. The monoisotopic (exact) mass is 303 g/mol. The second-order valence-corrected chi connectivity index (χ2v) is 5.18. The van der Waals surface area contributed by atoms with E-state index in [0.717, 1.165) is 27.6 Å². The predicted octanol–water partition coefficient (Wildman–Crippen LogP) is 2.18. The number of halogens is 1. The van der Waals surface area contributed by atoms with Crippen LogP contribution >= 0.6 is 23.4 Å². The fraction of sp³-hybridized carbons (Fsp3) is 0.143. The van der Waals surface area contributed by atoms with Gasteiger partial charge in [-0.3, -0.25) is 10.7 Å². The molecule has 0 saturated heterocycles. The van der Waals surface area contributed by atoms with Crippen LogP contribution in [0.4, 0.5) is 0 Å². The molecule has 0 aliphatic rings. The normalized spacial score (nSPS) is 9.80. The van der Waals surface area contributed by atoms with Crippen molar-refractivity contribution >= 4 is 45.0 Å². The van der Waals surface area contributed by atoms with Gasteiger partial charge in [-0.1, -0.05) is 12.1 Å². The lowest BCUT2D eigenvalue weighted by Gasteiger charge is -2.07. The Hall–Kier alpha value is -1.99. The maximum Gasteiger partial charge on any atom is 0.403 e. The number of nitriles is 1. The zero-order valence-electron chi connectivity index (χ0n) is 10.6. The fourth-order valence-electron chi connectivity index (χ4n) is 1.91. The molecule has 2 N–H and O–H groups in total. The lowest BCUT2D eigenvalue weighted by molar-refractivity contribution is 1.26. The molecular formula is C14H12ClN4S+. The van der Waals surface area contributed by atoms with Crippen molar-refractivity contribution in [2.75, 3.05) is 0 Å². The Balaban J connectivity index is 2.38. The molecule has 0 aliphatic carbocycles. The first-order valence-electron chi connectivity index (χ1n) is 5.85. The lowest BCUT2D eigenvalue weighted by Crippen LogP contribution is -2.10. The molecule has 1 aromatic carbocycles. The summed E-state index contributed by atoms with van der Waals surface area (Å²) in [5, 5.41) is 11.4. The Morgan fingerprint density at radius 1 is 1.40 bits per heavy atom. The van der Waals surface area contributed by atoms with Gasteiger partial charge in [0.15, 0.2) is 0 Å². The smallest absolute Gasteiger partial charge is 0.267 e. The summed E-state index contributed by atoms with van der Waals surface area (Å²) in [6.07, 6.45) is 3.93. The number of fused-ring (bicyclic) bond motifs is 1. The number of nitrogens with two attached hydrogens (primary N) is 1. The second kappa shape index (κ2) is 6.97. The van der Waals surface area contributed by atoms with Crippen LogP contribution in [0.3, 0.4) is 0 Å². The minimum Gasteiger partial charge on any atom is -0.267 e. The van der Waals surface area contributed by atoms with Crippen molar-refractivity contribution in [1.82, 2.24) is 9.65 Å². The number of pyridine rings is 1. The van der Waals surface area contributed by atoms with E-state index in [0.29, 0.717) is 17.3 Å². The van der Waals surface area contributed by atoms with Gasteiger partial charge in [-0.2, -0.15) is 9.93 Å². The van der Waals surface area contributed by atoms with Crippen molar-refractivity contribution in [3.8, 4) is 6.07 Å². The predicted molar refractivity (Wildman–Crippen MR) is 85.6 cm³/mol. The molecule has 20 heavy (non-hydrogen) atoms. The largest absolute Gasteiger partial charge is 0.403 e. The van der Waals surface area contributed by atoms with Crippen molar-refractivity contribution in [3.05, 3.63) is 41.7 Å². The molecule has 1 heterocycles. The van der Waals surface area contributed by atoms with Gasteiger partial charge < -0.3 is 0 Å². The van der Waals surface area contributed by atoms with Gasteiger partial charge in [0.1, 0.15) is 0 Å². The topological polar surface area (TPSA) is 76.8 Å². The minimum atomic E-state index is 0.388. The Morgan fingerprint density at radius 3 is 2.95 bits per heavy atom. The zero-order chi connectivity index (χ0) is 14.4. The summed E-state index contributed by atoms with van der Waals surface area (Å²) in [6.45, 7) is 0. The second-order valence-electron chi connectivity index (χ2n) is 3.99. The SMILES string of the molecule is N#CCc1ccc(CSC(N)=[N+]=CCl)c2cnccc12. The maximum absolute atomic E-state index is 8.87. The molecule has 0 spiro atoms. The molecule has 0 saturated carbocycles. The molecular weight excluding hydrogens is 292 g/mol. The number of thioether (sulfide) groups is 1. The van der Waals surface area contributed by atoms with Gasteiger partial charge in [-0.15, -0.1) is 0 Å².